The molecule has 1 aliphatic rings. The molecule has 0 heterocycles. The molecule has 0 saturated carbocycles. The summed E-state index contributed by atoms with van der Waals surface area (Å²) < 4.78 is 0. The summed E-state index contributed by atoms with van der Waals surface area (Å²) in [5.74, 6) is 0. The van der Waals surface area contributed by atoms with E-state index in [1.165, 1.54) is 19.3 Å². The molecule has 18 heavy (non-hydrogen) atoms. The van der Waals surface area contributed by atoms with Gasteiger partial charge in [0.1, 0.15) is 0 Å². The van der Waals surface area contributed by atoms with Crippen LogP contribution in [-0.4, -0.2) is 37.1 Å². The molecule has 2 heteroatoms. The predicted molar refractivity (Wildman–Crippen MR) is 78.0 cm³/mol. The van der Waals surface area contributed by atoms with Gasteiger partial charge >= 0.3 is 0 Å². The van der Waals surface area contributed by atoms with Crippen LogP contribution in [0.15, 0.2) is 24.3 Å². The molecule has 0 radical (unpaired) electrons. The Morgan fingerprint density at radius 2 is 2.00 bits per heavy atom. The highest BCUT2D eigenvalue weighted by molar-refractivity contribution is 5.30. The van der Waals surface area contributed by atoms with E-state index in [0.29, 0.717) is 12.1 Å². The van der Waals surface area contributed by atoms with Crippen LogP contribution in [-0.2, 0) is 12.8 Å². The minimum absolute atomic E-state index is 0.638. The van der Waals surface area contributed by atoms with Crippen LogP contribution in [0.5, 0.6) is 0 Å². The van der Waals surface area contributed by atoms with E-state index in [1.807, 2.05) is 0 Å². The standard InChI is InChI=1S/C16H26N2/c1-13(2)18(3)11-10-17-16-9-8-14-6-4-5-7-15(14)12-16/h4-7,13,16-17H,8-12H2,1-3H3. The Bertz CT molecular complexity index is 373. The molecule has 0 fully saturated rings. The van der Waals surface area contributed by atoms with Crippen molar-refractivity contribution >= 4 is 0 Å². The van der Waals surface area contributed by atoms with E-state index in [9.17, 15) is 0 Å². The lowest BCUT2D eigenvalue weighted by Crippen LogP contribution is -2.40. The second-order valence-electron chi connectivity index (χ2n) is 5.74. The van der Waals surface area contributed by atoms with Crippen molar-refractivity contribution in [3.05, 3.63) is 35.4 Å². The largest absolute Gasteiger partial charge is 0.312 e. The zero-order valence-corrected chi connectivity index (χ0v) is 11.9. The van der Waals surface area contributed by atoms with Gasteiger partial charge in [-0.3, -0.25) is 0 Å². The molecule has 1 aromatic carbocycles. The van der Waals surface area contributed by atoms with Gasteiger partial charge in [-0.25, -0.2) is 0 Å². The molecule has 1 aliphatic carbocycles. The average Bonchev–Trinajstić information content (AvgIpc) is 2.38. The normalized spacial score (nSPS) is 19.3. The van der Waals surface area contributed by atoms with E-state index >= 15 is 0 Å². The van der Waals surface area contributed by atoms with Crippen molar-refractivity contribution in [2.45, 2.75) is 45.2 Å². The third-order valence-corrected chi connectivity index (χ3v) is 4.13. The first-order chi connectivity index (χ1) is 8.66. The molecule has 0 aromatic heterocycles. The minimum atomic E-state index is 0.638. The van der Waals surface area contributed by atoms with Gasteiger partial charge in [-0.05, 0) is 51.3 Å². The van der Waals surface area contributed by atoms with Crippen molar-refractivity contribution in [3.8, 4) is 0 Å². The van der Waals surface area contributed by atoms with Gasteiger partial charge in [0.25, 0.3) is 0 Å². The summed E-state index contributed by atoms with van der Waals surface area (Å²) >= 11 is 0. The first-order valence-electron chi connectivity index (χ1n) is 7.17. The zero-order valence-electron chi connectivity index (χ0n) is 11.9. The molecular weight excluding hydrogens is 220 g/mol. The Morgan fingerprint density at radius 3 is 2.72 bits per heavy atom. The molecular formula is C16H26N2. The van der Waals surface area contributed by atoms with Crippen LogP contribution in [0, 0.1) is 0 Å². The highest BCUT2D eigenvalue weighted by Gasteiger charge is 2.17. The van der Waals surface area contributed by atoms with Gasteiger partial charge in [-0.15, -0.1) is 0 Å². The lowest BCUT2D eigenvalue weighted by atomic mass is 9.88. The molecule has 2 nitrogen and oxygen atoms in total. The Morgan fingerprint density at radius 1 is 1.28 bits per heavy atom. The van der Waals surface area contributed by atoms with E-state index in [1.54, 1.807) is 11.1 Å². The van der Waals surface area contributed by atoms with E-state index in [0.717, 1.165) is 13.1 Å². The lowest BCUT2D eigenvalue weighted by Gasteiger charge is -2.27. The summed E-state index contributed by atoms with van der Waals surface area (Å²) in [6.45, 7) is 6.73. The second-order valence-corrected chi connectivity index (χ2v) is 5.74. The number of hydrogen-bond acceptors (Lipinski definition) is 2. The molecule has 2 rings (SSSR count). The Labute approximate surface area is 111 Å². The van der Waals surface area contributed by atoms with Crippen LogP contribution in [0.3, 0.4) is 0 Å². The first kappa shape index (κ1) is 13.6. The molecule has 100 valence electrons. The Hall–Kier alpha value is -0.860. The maximum Gasteiger partial charge on any atom is 0.0111 e. The van der Waals surface area contributed by atoms with Crippen molar-refractivity contribution in [2.24, 2.45) is 0 Å². The number of rotatable bonds is 5. The number of fused-ring (bicyclic) bond motifs is 1. The van der Waals surface area contributed by atoms with Crippen LogP contribution in [0.4, 0.5) is 0 Å². The summed E-state index contributed by atoms with van der Waals surface area (Å²) in [5, 5.41) is 3.71. The smallest absolute Gasteiger partial charge is 0.0111 e. The molecule has 0 aliphatic heterocycles. The van der Waals surface area contributed by atoms with Gasteiger partial charge in [0.15, 0.2) is 0 Å². The van der Waals surface area contributed by atoms with E-state index in [4.69, 9.17) is 0 Å². The van der Waals surface area contributed by atoms with Crippen LogP contribution in [0.1, 0.15) is 31.4 Å². The first-order valence-corrected chi connectivity index (χ1v) is 7.17. The summed E-state index contributed by atoms with van der Waals surface area (Å²) in [4.78, 5) is 2.39. The van der Waals surface area contributed by atoms with E-state index < -0.39 is 0 Å². The van der Waals surface area contributed by atoms with Gasteiger partial charge in [0, 0.05) is 25.2 Å². The highest BCUT2D eigenvalue weighted by Crippen LogP contribution is 2.20. The Kier molecular flexibility index (Phi) is 4.79. The van der Waals surface area contributed by atoms with Crippen LogP contribution >= 0.6 is 0 Å². The van der Waals surface area contributed by atoms with Crippen molar-refractivity contribution in [1.82, 2.24) is 10.2 Å². The fourth-order valence-electron chi connectivity index (χ4n) is 2.58. The number of nitrogens with one attached hydrogen (secondary N) is 1. The van der Waals surface area contributed by atoms with E-state index in [2.05, 4.69) is 55.4 Å². The maximum absolute atomic E-state index is 3.71. The Balaban J connectivity index is 1.76. The zero-order chi connectivity index (χ0) is 13.0. The summed E-state index contributed by atoms with van der Waals surface area (Å²) in [7, 11) is 2.20. The third kappa shape index (κ3) is 3.56. The topological polar surface area (TPSA) is 15.3 Å². The summed E-state index contributed by atoms with van der Waals surface area (Å²) in [5.41, 5.74) is 3.09. The molecule has 0 spiro atoms. The SMILES string of the molecule is CC(C)N(C)CCNC1CCc2ccccc2C1. The summed E-state index contributed by atoms with van der Waals surface area (Å²) in [6.07, 6.45) is 3.71. The highest BCUT2D eigenvalue weighted by atomic mass is 15.1. The molecule has 1 N–H and O–H groups in total. The van der Waals surface area contributed by atoms with Crippen molar-refractivity contribution in [1.29, 1.82) is 0 Å². The van der Waals surface area contributed by atoms with Crippen molar-refractivity contribution in [2.75, 3.05) is 20.1 Å². The fraction of sp³-hybridized carbons (Fsp3) is 0.625. The molecule has 0 amide bonds. The van der Waals surface area contributed by atoms with Crippen LogP contribution in [0.2, 0.25) is 0 Å². The molecule has 1 atom stereocenters. The molecule has 0 bridgehead atoms. The molecule has 1 aromatic rings. The summed E-state index contributed by atoms with van der Waals surface area (Å²) in [6, 6.07) is 10.2. The second kappa shape index (κ2) is 6.35. The lowest BCUT2D eigenvalue weighted by molar-refractivity contribution is 0.266. The van der Waals surface area contributed by atoms with Gasteiger partial charge < -0.3 is 10.2 Å². The van der Waals surface area contributed by atoms with Crippen LogP contribution < -0.4 is 5.32 Å². The number of benzene rings is 1. The quantitative estimate of drug-likeness (QED) is 0.858. The minimum Gasteiger partial charge on any atom is -0.312 e. The van der Waals surface area contributed by atoms with Crippen molar-refractivity contribution < 1.29 is 0 Å². The van der Waals surface area contributed by atoms with Crippen molar-refractivity contribution in [3.63, 3.8) is 0 Å². The van der Waals surface area contributed by atoms with Crippen LogP contribution in [0.25, 0.3) is 0 Å². The number of hydrogen-bond donors (Lipinski definition) is 1. The predicted octanol–water partition coefficient (Wildman–Crippen LogP) is 2.47. The fourth-order valence-corrected chi connectivity index (χ4v) is 2.58. The van der Waals surface area contributed by atoms with Gasteiger partial charge in [-0.1, -0.05) is 24.3 Å². The number of aryl methyl sites for hydroxylation is 1. The average molecular weight is 246 g/mol. The van der Waals surface area contributed by atoms with Gasteiger partial charge in [0.2, 0.25) is 0 Å². The molecule has 0 saturated heterocycles. The molecule has 1 unspecified atom stereocenters. The maximum atomic E-state index is 3.71. The monoisotopic (exact) mass is 246 g/mol. The number of nitrogens with zero attached hydrogens (tertiary/aromatic N) is 1. The third-order valence-electron chi connectivity index (χ3n) is 4.13. The van der Waals surface area contributed by atoms with Gasteiger partial charge in [-0.2, -0.15) is 0 Å². The van der Waals surface area contributed by atoms with E-state index in [-0.39, 0.29) is 0 Å². The van der Waals surface area contributed by atoms with Gasteiger partial charge in [0.05, 0.1) is 0 Å². The number of likely N-dealkylation sites (N-methyl/N-ethyl adjacent to an activating group) is 1.